The Morgan fingerprint density at radius 1 is 1.42 bits per heavy atom. The van der Waals surface area contributed by atoms with Gasteiger partial charge in [0.1, 0.15) is 11.9 Å². The lowest BCUT2D eigenvalue weighted by atomic mass is 9.86. The first-order chi connectivity index (χ1) is 9.19. The van der Waals surface area contributed by atoms with Gasteiger partial charge in [-0.15, -0.1) is 0 Å². The standard InChI is InChI=1S/C16H23NO2/c1-3-14-13(6-7-18-14)16(17)11-4-5-15-12(9-11)8-10(2)19-15/h4-5,9-10,13-14,16H,3,6-8,17H2,1-2H3. The fourth-order valence-electron chi connectivity index (χ4n) is 3.39. The van der Waals surface area contributed by atoms with Crippen LogP contribution in [0.3, 0.4) is 0 Å². The summed E-state index contributed by atoms with van der Waals surface area (Å²) < 4.78 is 11.5. The van der Waals surface area contributed by atoms with Crippen LogP contribution in [0.5, 0.6) is 5.75 Å². The molecule has 1 aromatic rings. The van der Waals surface area contributed by atoms with Crippen molar-refractivity contribution in [1.29, 1.82) is 0 Å². The molecule has 0 amide bonds. The molecule has 4 atom stereocenters. The molecule has 104 valence electrons. The van der Waals surface area contributed by atoms with Crippen molar-refractivity contribution in [2.45, 2.75) is 51.4 Å². The van der Waals surface area contributed by atoms with Crippen LogP contribution < -0.4 is 10.5 Å². The average molecular weight is 261 g/mol. The lowest BCUT2D eigenvalue weighted by Crippen LogP contribution is -2.28. The molecule has 0 bridgehead atoms. The molecule has 2 aliphatic heterocycles. The number of hydrogen-bond acceptors (Lipinski definition) is 3. The normalized spacial score (nSPS) is 31.0. The first-order valence-corrected chi connectivity index (χ1v) is 7.35. The first kappa shape index (κ1) is 12.9. The molecule has 2 heterocycles. The number of benzene rings is 1. The molecular weight excluding hydrogens is 238 g/mol. The van der Waals surface area contributed by atoms with Gasteiger partial charge < -0.3 is 15.2 Å². The molecule has 3 rings (SSSR count). The van der Waals surface area contributed by atoms with Crippen molar-refractivity contribution >= 4 is 0 Å². The molecule has 0 spiro atoms. The number of nitrogens with two attached hydrogens (primary N) is 1. The van der Waals surface area contributed by atoms with E-state index in [0.29, 0.717) is 18.1 Å². The maximum absolute atomic E-state index is 6.47. The van der Waals surface area contributed by atoms with E-state index in [1.807, 2.05) is 0 Å². The van der Waals surface area contributed by atoms with E-state index in [0.717, 1.165) is 31.6 Å². The lowest BCUT2D eigenvalue weighted by molar-refractivity contribution is 0.0813. The second-order valence-corrected chi connectivity index (χ2v) is 5.80. The Labute approximate surface area is 115 Å². The second kappa shape index (κ2) is 5.14. The van der Waals surface area contributed by atoms with Gasteiger partial charge in [0.05, 0.1) is 6.10 Å². The van der Waals surface area contributed by atoms with Crippen LogP contribution in [-0.2, 0) is 11.2 Å². The molecule has 3 nitrogen and oxygen atoms in total. The van der Waals surface area contributed by atoms with Crippen LogP contribution in [0, 0.1) is 5.92 Å². The molecular formula is C16H23NO2. The van der Waals surface area contributed by atoms with Crippen molar-refractivity contribution in [2.24, 2.45) is 11.7 Å². The van der Waals surface area contributed by atoms with E-state index in [2.05, 4.69) is 32.0 Å². The molecule has 0 aromatic heterocycles. The van der Waals surface area contributed by atoms with E-state index in [1.54, 1.807) is 0 Å². The van der Waals surface area contributed by atoms with Crippen LogP contribution in [-0.4, -0.2) is 18.8 Å². The molecule has 1 fully saturated rings. The van der Waals surface area contributed by atoms with E-state index in [9.17, 15) is 0 Å². The Balaban J connectivity index is 1.81. The summed E-state index contributed by atoms with van der Waals surface area (Å²) in [6.45, 7) is 5.13. The molecule has 0 aliphatic carbocycles. The summed E-state index contributed by atoms with van der Waals surface area (Å²) in [5, 5.41) is 0. The zero-order valence-corrected chi connectivity index (χ0v) is 11.8. The molecule has 19 heavy (non-hydrogen) atoms. The van der Waals surface area contributed by atoms with Gasteiger partial charge in [0.15, 0.2) is 0 Å². The molecule has 2 N–H and O–H groups in total. The Morgan fingerprint density at radius 2 is 2.26 bits per heavy atom. The molecule has 1 aromatic carbocycles. The third-order valence-electron chi connectivity index (χ3n) is 4.43. The zero-order chi connectivity index (χ0) is 13.4. The van der Waals surface area contributed by atoms with Gasteiger partial charge >= 0.3 is 0 Å². The number of fused-ring (bicyclic) bond motifs is 1. The van der Waals surface area contributed by atoms with E-state index in [-0.39, 0.29) is 6.04 Å². The Morgan fingerprint density at radius 3 is 3.05 bits per heavy atom. The first-order valence-electron chi connectivity index (χ1n) is 7.35. The fraction of sp³-hybridized carbons (Fsp3) is 0.625. The summed E-state index contributed by atoms with van der Waals surface area (Å²) in [7, 11) is 0. The minimum absolute atomic E-state index is 0.0775. The molecule has 4 unspecified atom stereocenters. The highest BCUT2D eigenvalue weighted by Crippen LogP contribution is 2.36. The van der Waals surface area contributed by atoms with Crippen molar-refractivity contribution in [1.82, 2.24) is 0 Å². The molecule has 2 aliphatic rings. The van der Waals surface area contributed by atoms with E-state index >= 15 is 0 Å². The fourth-order valence-corrected chi connectivity index (χ4v) is 3.39. The minimum Gasteiger partial charge on any atom is -0.490 e. The Bertz CT molecular complexity index is 460. The third kappa shape index (κ3) is 2.37. The maximum atomic E-state index is 6.47. The largest absolute Gasteiger partial charge is 0.490 e. The van der Waals surface area contributed by atoms with Crippen LogP contribution in [0.4, 0.5) is 0 Å². The summed E-state index contributed by atoms with van der Waals surface area (Å²) in [6.07, 6.45) is 3.72. The molecule has 3 heteroatoms. The number of rotatable bonds is 3. The van der Waals surface area contributed by atoms with Gasteiger partial charge in [-0.3, -0.25) is 0 Å². The highest BCUT2D eigenvalue weighted by molar-refractivity contribution is 5.41. The number of ether oxygens (including phenoxy) is 2. The van der Waals surface area contributed by atoms with Gasteiger partial charge in [-0.05, 0) is 37.0 Å². The van der Waals surface area contributed by atoms with Gasteiger partial charge in [-0.25, -0.2) is 0 Å². The third-order valence-corrected chi connectivity index (χ3v) is 4.43. The van der Waals surface area contributed by atoms with Crippen LogP contribution in [0.1, 0.15) is 43.9 Å². The van der Waals surface area contributed by atoms with Crippen LogP contribution in [0.15, 0.2) is 18.2 Å². The SMILES string of the molecule is CCC1OCCC1C(N)c1ccc2c(c1)CC(C)O2. The van der Waals surface area contributed by atoms with Gasteiger partial charge in [0.25, 0.3) is 0 Å². The minimum atomic E-state index is 0.0775. The molecule has 1 saturated heterocycles. The van der Waals surface area contributed by atoms with E-state index < -0.39 is 0 Å². The molecule has 0 saturated carbocycles. The summed E-state index contributed by atoms with van der Waals surface area (Å²) in [5.74, 6) is 1.47. The smallest absolute Gasteiger partial charge is 0.123 e. The van der Waals surface area contributed by atoms with Gasteiger partial charge in [0.2, 0.25) is 0 Å². The van der Waals surface area contributed by atoms with Crippen molar-refractivity contribution < 1.29 is 9.47 Å². The van der Waals surface area contributed by atoms with Gasteiger partial charge in [-0.1, -0.05) is 19.1 Å². The summed E-state index contributed by atoms with van der Waals surface area (Å²) >= 11 is 0. The van der Waals surface area contributed by atoms with Crippen molar-refractivity contribution in [2.75, 3.05) is 6.61 Å². The van der Waals surface area contributed by atoms with Crippen LogP contribution in [0.2, 0.25) is 0 Å². The van der Waals surface area contributed by atoms with Crippen molar-refractivity contribution in [3.8, 4) is 5.75 Å². The van der Waals surface area contributed by atoms with E-state index in [4.69, 9.17) is 15.2 Å². The number of hydrogen-bond donors (Lipinski definition) is 1. The molecule has 0 radical (unpaired) electrons. The van der Waals surface area contributed by atoms with Gasteiger partial charge in [-0.2, -0.15) is 0 Å². The topological polar surface area (TPSA) is 44.5 Å². The average Bonchev–Trinajstić information content (AvgIpc) is 3.01. The highest BCUT2D eigenvalue weighted by atomic mass is 16.5. The Hall–Kier alpha value is -1.06. The van der Waals surface area contributed by atoms with E-state index in [1.165, 1.54) is 11.1 Å². The lowest BCUT2D eigenvalue weighted by Gasteiger charge is -2.24. The summed E-state index contributed by atoms with van der Waals surface area (Å²) in [5.41, 5.74) is 9.00. The van der Waals surface area contributed by atoms with Crippen LogP contribution >= 0.6 is 0 Å². The van der Waals surface area contributed by atoms with Crippen molar-refractivity contribution in [3.63, 3.8) is 0 Å². The quantitative estimate of drug-likeness (QED) is 0.910. The second-order valence-electron chi connectivity index (χ2n) is 5.80. The Kier molecular flexibility index (Phi) is 3.50. The predicted octanol–water partition coefficient (Wildman–Crippen LogP) is 2.82. The zero-order valence-electron chi connectivity index (χ0n) is 11.8. The summed E-state index contributed by atoms with van der Waals surface area (Å²) in [6, 6.07) is 6.50. The monoisotopic (exact) mass is 261 g/mol. The summed E-state index contributed by atoms with van der Waals surface area (Å²) in [4.78, 5) is 0. The highest BCUT2D eigenvalue weighted by Gasteiger charge is 2.33. The predicted molar refractivity (Wildman–Crippen MR) is 75.3 cm³/mol. The van der Waals surface area contributed by atoms with Crippen molar-refractivity contribution in [3.05, 3.63) is 29.3 Å². The maximum Gasteiger partial charge on any atom is 0.123 e. The van der Waals surface area contributed by atoms with Crippen LogP contribution in [0.25, 0.3) is 0 Å². The van der Waals surface area contributed by atoms with Gasteiger partial charge in [0, 0.05) is 25.0 Å².